The second-order valence-corrected chi connectivity index (χ2v) is 3.05. The quantitative estimate of drug-likeness (QED) is 0.728. The summed E-state index contributed by atoms with van der Waals surface area (Å²) in [4.78, 5) is 0. The molecule has 0 amide bonds. The topological polar surface area (TPSA) is 35.2 Å². The highest BCUT2D eigenvalue weighted by Gasteiger charge is 2.25. The van der Waals surface area contributed by atoms with Crippen molar-refractivity contribution in [3.05, 3.63) is 35.4 Å². The van der Waals surface area contributed by atoms with Crippen LogP contribution < -0.4 is 5.73 Å². The largest absolute Gasteiger partial charge is 0.372 e. The molecule has 2 heteroatoms. The number of ether oxygens (including phenoxy) is 1. The molecule has 0 heterocycles. The molecule has 0 aromatic heterocycles. The van der Waals surface area contributed by atoms with Gasteiger partial charge in [-0.2, -0.15) is 0 Å². The van der Waals surface area contributed by atoms with Gasteiger partial charge in [0.05, 0.1) is 12.7 Å². The third kappa shape index (κ3) is 1.24. The number of hydrogen-bond donors (Lipinski definition) is 1. The lowest BCUT2D eigenvalue weighted by molar-refractivity contribution is 0.0423. The first kappa shape index (κ1) is 7.77. The molecule has 0 spiro atoms. The molecule has 1 aliphatic rings. The summed E-state index contributed by atoms with van der Waals surface area (Å²) in [6, 6.07) is 8.40. The number of hydrogen-bond acceptors (Lipinski definition) is 2. The SMILES string of the molecule is NCCOC1Cc2ccccc21. The third-order valence-corrected chi connectivity index (χ3v) is 2.24. The molecular weight excluding hydrogens is 150 g/mol. The summed E-state index contributed by atoms with van der Waals surface area (Å²) in [5.74, 6) is 0. The summed E-state index contributed by atoms with van der Waals surface area (Å²) in [5, 5.41) is 0. The van der Waals surface area contributed by atoms with Gasteiger partial charge in [-0.1, -0.05) is 24.3 Å². The van der Waals surface area contributed by atoms with Gasteiger partial charge in [-0.15, -0.1) is 0 Å². The van der Waals surface area contributed by atoms with E-state index in [-0.39, 0.29) is 0 Å². The van der Waals surface area contributed by atoms with Gasteiger partial charge in [0, 0.05) is 13.0 Å². The summed E-state index contributed by atoms with van der Waals surface area (Å²) in [6.07, 6.45) is 1.36. The van der Waals surface area contributed by atoms with Crippen LogP contribution in [0.1, 0.15) is 17.2 Å². The molecule has 1 atom stereocenters. The van der Waals surface area contributed by atoms with Gasteiger partial charge in [0.25, 0.3) is 0 Å². The molecule has 1 aromatic rings. The van der Waals surface area contributed by atoms with Crippen LogP contribution in [0.25, 0.3) is 0 Å². The van der Waals surface area contributed by atoms with Gasteiger partial charge in [0.1, 0.15) is 0 Å². The lowest BCUT2D eigenvalue weighted by Gasteiger charge is -2.29. The Kier molecular flexibility index (Phi) is 2.11. The molecule has 1 aromatic carbocycles. The Morgan fingerprint density at radius 3 is 3.00 bits per heavy atom. The first-order valence-corrected chi connectivity index (χ1v) is 4.31. The Bertz CT molecular complexity index is 272. The van der Waals surface area contributed by atoms with E-state index in [0.717, 1.165) is 6.42 Å². The highest BCUT2D eigenvalue weighted by molar-refractivity contribution is 5.37. The Labute approximate surface area is 72.3 Å². The monoisotopic (exact) mass is 163 g/mol. The predicted octanol–water partition coefficient (Wildman–Crippen LogP) is 1.26. The van der Waals surface area contributed by atoms with Crippen molar-refractivity contribution in [3.63, 3.8) is 0 Å². The van der Waals surface area contributed by atoms with Crippen LogP contribution in [-0.4, -0.2) is 13.2 Å². The predicted molar refractivity (Wildman–Crippen MR) is 47.9 cm³/mol. The molecule has 2 rings (SSSR count). The van der Waals surface area contributed by atoms with E-state index in [1.165, 1.54) is 11.1 Å². The lowest BCUT2D eigenvalue weighted by atomic mass is 9.85. The van der Waals surface area contributed by atoms with E-state index < -0.39 is 0 Å². The zero-order valence-electron chi connectivity index (χ0n) is 6.99. The van der Waals surface area contributed by atoms with Crippen LogP contribution in [0.5, 0.6) is 0 Å². The van der Waals surface area contributed by atoms with Crippen molar-refractivity contribution < 1.29 is 4.74 Å². The fourth-order valence-corrected chi connectivity index (χ4v) is 1.57. The van der Waals surface area contributed by atoms with Gasteiger partial charge in [0.2, 0.25) is 0 Å². The van der Waals surface area contributed by atoms with E-state index in [1.807, 2.05) is 0 Å². The average Bonchev–Trinajstić information content (AvgIpc) is 2.07. The second-order valence-electron chi connectivity index (χ2n) is 3.05. The maximum Gasteiger partial charge on any atom is 0.0868 e. The van der Waals surface area contributed by atoms with Gasteiger partial charge < -0.3 is 10.5 Å². The summed E-state index contributed by atoms with van der Waals surface area (Å²) in [7, 11) is 0. The molecule has 0 aliphatic heterocycles. The highest BCUT2D eigenvalue weighted by atomic mass is 16.5. The van der Waals surface area contributed by atoms with E-state index in [0.29, 0.717) is 19.3 Å². The normalized spacial score (nSPS) is 19.9. The summed E-state index contributed by atoms with van der Waals surface area (Å²) < 4.78 is 5.53. The first-order chi connectivity index (χ1) is 5.92. The Balaban J connectivity index is 2.00. The minimum Gasteiger partial charge on any atom is -0.372 e. The van der Waals surface area contributed by atoms with Gasteiger partial charge in [-0.25, -0.2) is 0 Å². The molecule has 0 saturated carbocycles. The molecule has 0 radical (unpaired) electrons. The minimum atomic E-state index is 0.310. The fourth-order valence-electron chi connectivity index (χ4n) is 1.57. The van der Waals surface area contributed by atoms with E-state index in [4.69, 9.17) is 10.5 Å². The minimum absolute atomic E-state index is 0.310. The zero-order chi connectivity index (χ0) is 8.39. The van der Waals surface area contributed by atoms with Gasteiger partial charge in [-0.3, -0.25) is 0 Å². The van der Waals surface area contributed by atoms with Crippen LogP contribution in [0.2, 0.25) is 0 Å². The summed E-state index contributed by atoms with van der Waals surface area (Å²) >= 11 is 0. The maximum absolute atomic E-state index is 5.53. The molecule has 2 N–H and O–H groups in total. The Morgan fingerprint density at radius 2 is 2.25 bits per heavy atom. The first-order valence-electron chi connectivity index (χ1n) is 4.31. The number of rotatable bonds is 3. The van der Waals surface area contributed by atoms with Crippen molar-refractivity contribution in [2.75, 3.05) is 13.2 Å². The second kappa shape index (κ2) is 3.25. The van der Waals surface area contributed by atoms with Gasteiger partial charge in [-0.05, 0) is 11.1 Å². The molecular formula is C10H13NO. The molecule has 0 bridgehead atoms. The van der Waals surface area contributed by atoms with E-state index in [2.05, 4.69) is 24.3 Å². The van der Waals surface area contributed by atoms with Crippen LogP contribution in [0, 0.1) is 0 Å². The molecule has 12 heavy (non-hydrogen) atoms. The zero-order valence-corrected chi connectivity index (χ0v) is 6.99. The van der Waals surface area contributed by atoms with Crippen molar-refractivity contribution in [3.8, 4) is 0 Å². The smallest absolute Gasteiger partial charge is 0.0868 e. The molecule has 2 nitrogen and oxygen atoms in total. The van der Waals surface area contributed by atoms with Crippen molar-refractivity contribution in [2.24, 2.45) is 5.73 Å². The average molecular weight is 163 g/mol. The highest BCUT2D eigenvalue weighted by Crippen LogP contribution is 2.35. The standard InChI is InChI=1S/C10H13NO/c11-5-6-12-10-7-8-3-1-2-4-9(8)10/h1-4,10H,5-7,11H2. The van der Waals surface area contributed by atoms with Crippen molar-refractivity contribution in [1.29, 1.82) is 0 Å². The van der Waals surface area contributed by atoms with Crippen molar-refractivity contribution >= 4 is 0 Å². The van der Waals surface area contributed by atoms with Crippen LogP contribution in [-0.2, 0) is 11.2 Å². The molecule has 0 fully saturated rings. The molecule has 1 aliphatic carbocycles. The Hall–Kier alpha value is -0.860. The fraction of sp³-hybridized carbons (Fsp3) is 0.400. The summed E-state index contributed by atoms with van der Waals surface area (Å²) in [6.45, 7) is 1.28. The van der Waals surface area contributed by atoms with Crippen LogP contribution in [0.15, 0.2) is 24.3 Å². The third-order valence-electron chi connectivity index (χ3n) is 2.24. The lowest BCUT2D eigenvalue weighted by Crippen LogP contribution is -2.22. The number of fused-ring (bicyclic) bond motifs is 1. The van der Waals surface area contributed by atoms with Crippen molar-refractivity contribution in [1.82, 2.24) is 0 Å². The summed E-state index contributed by atoms with van der Waals surface area (Å²) in [5.41, 5.74) is 8.11. The van der Waals surface area contributed by atoms with Gasteiger partial charge >= 0.3 is 0 Å². The maximum atomic E-state index is 5.53. The van der Waals surface area contributed by atoms with Crippen LogP contribution in [0.3, 0.4) is 0 Å². The molecule has 64 valence electrons. The van der Waals surface area contributed by atoms with Crippen LogP contribution in [0.4, 0.5) is 0 Å². The van der Waals surface area contributed by atoms with Gasteiger partial charge in [0.15, 0.2) is 0 Å². The van der Waals surface area contributed by atoms with E-state index in [1.54, 1.807) is 0 Å². The van der Waals surface area contributed by atoms with Crippen molar-refractivity contribution in [2.45, 2.75) is 12.5 Å². The van der Waals surface area contributed by atoms with E-state index in [9.17, 15) is 0 Å². The van der Waals surface area contributed by atoms with Crippen LogP contribution >= 0.6 is 0 Å². The Morgan fingerprint density at radius 1 is 1.42 bits per heavy atom. The number of benzene rings is 1. The molecule has 1 unspecified atom stereocenters. The van der Waals surface area contributed by atoms with E-state index >= 15 is 0 Å². The molecule has 0 saturated heterocycles. The number of nitrogens with two attached hydrogens (primary N) is 1.